The van der Waals surface area contributed by atoms with E-state index < -0.39 is 0 Å². The second-order valence-corrected chi connectivity index (χ2v) is 3.36. The summed E-state index contributed by atoms with van der Waals surface area (Å²) in [6.07, 6.45) is 3.89. The van der Waals surface area contributed by atoms with Crippen molar-refractivity contribution in [2.75, 3.05) is 0 Å². The average Bonchev–Trinajstić information content (AvgIpc) is 2.30. The normalized spacial score (nSPS) is 13.0. The number of hydrogen-bond donors (Lipinski definition) is 1. The number of nitrogens with one attached hydrogen (secondary N) is 1. The molecule has 1 aromatic rings. The molecule has 1 unspecified atom stereocenters. The molecule has 0 aliphatic carbocycles. The molecule has 1 nitrogen and oxygen atoms in total. The smallest absolute Gasteiger partial charge is 0.0766 e. The minimum atomic E-state index is 0.103. The average molecular weight is 217 g/mol. The van der Waals surface area contributed by atoms with Crippen molar-refractivity contribution >= 4 is 17.7 Å². The van der Waals surface area contributed by atoms with E-state index in [9.17, 15) is 0 Å². The van der Waals surface area contributed by atoms with Gasteiger partial charge in [-0.3, -0.25) is 0 Å². The molecule has 0 aliphatic rings. The molecule has 0 saturated heterocycles. The van der Waals surface area contributed by atoms with Gasteiger partial charge in [0.25, 0.3) is 0 Å². The van der Waals surface area contributed by atoms with Gasteiger partial charge in [0, 0.05) is 0 Å². The maximum absolute atomic E-state index is 4.85. The lowest BCUT2D eigenvalue weighted by molar-refractivity contribution is 0.777. The van der Waals surface area contributed by atoms with Crippen LogP contribution in [-0.4, -0.2) is 5.49 Å². The Hall–Kier alpha value is -1.41. The van der Waals surface area contributed by atoms with E-state index in [1.807, 2.05) is 37.3 Å². The van der Waals surface area contributed by atoms with Crippen molar-refractivity contribution < 1.29 is 0 Å². The lowest BCUT2D eigenvalue weighted by atomic mass is 9.99. The Balaban J connectivity index is 3.02. The van der Waals surface area contributed by atoms with Crippen LogP contribution in [0.2, 0.25) is 0 Å². The molecule has 0 bridgehead atoms. The quantitative estimate of drug-likeness (QED) is 0.599. The minimum absolute atomic E-state index is 0.103. The van der Waals surface area contributed by atoms with Crippen LogP contribution in [0.15, 0.2) is 54.6 Å². The number of hydrogen-bond acceptors (Lipinski definition) is 1. The summed E-state index contributed by atoms with van der Waals surface area (Å²) in [4.78, 5) is 0. The monoisotopic (exact) mass is 217 g/mol. The van der Waals surface area contributed by atoms with Crippen LogP contribution in [0.3, 0.4) is 0 Å². The van der Waals surface area contributed by atoms with Gasteiger partial charge in [-0.15, -0.1) is 0 Å². The van der Waals surface area contributed by atoms with Crippen LogP contribution in [0.25, 0.3) is 0 Å². The molecule has 1 aromatic carbocycles. The number of allylic oxidation sites excluding steroid dienone is 1. The highest BCUT2D eigenvalue weighted by molar-refractivity contribution is 7.78. The third kappa shape index (κ3) is 3.03. The van der Waals surface area contributed by atoms with E-state index in [1.54, 1.807) is 5.49 Å². The van der Waals surface area contributed by atoms with Crippen LogP contribution in [-0.2, 0) is 0 Å². The van der Waals surface area contributed by atoms with Gasteiger partial charge in [-0.05, 0) is 18.1 Å². The van der Waals surface area contributed by atoms with Gasteiger partial charge in [-0.2, -0.15) is 0 Å². The summed E-state index contributed by atoms with van der Waals surface area (Å²) >= 11 is 4.85. The van der Waals surface area contributed by atoms with Gasteiger partial charge in [0.05, 0.1) is 11.5 Å². The Morgan fingerprint density at radius 1 is 1.40 bits per heavy atom. The third-order valence-electron chi connectivity index (χ3n) is 2.27. The van der Waals surface area contributed by atoms with Crippen molar-refractivity contribution in [1.29, 1.82) is 0 Å². The van der Waals surface area contributed by atoms with E-state index in [1.165, 1.54) is 5.56 Å². The summed E-state index contributed by atoms with van der Waals surface area (Å²) in [7, 11) is 0. The zero-order chi connectivity index (χ0) is 11.1. The maximum atomic E-state index is 4.85. The van der Waals surface area contributed by atoms with Gasteiger partial charge in [0.2, 0.25) is 0 Å². The predicted octanol–water partition coefficient (Wildman–Crippen LogP) is 3.41. The first-order valence-corrected chi connectivity index (χ1v) is 5.34. The lowest BCUT2D eigenvalue weighted by Crippen LogP contribution is -2.19. The van der Waals surface area contributed by atoms with Crippen LogP contribution in [0.1, 0.15) is 18.5 Å². The van der Waals surface area contributed by atoms with Crippen LogP contribution >= 0.6 is 12.2 Å². The molecule has 0 saturated carbocycles. The molecule has 0 amide bonds. The Morgan fingerprint density at radius 3 is 2.53 bits per heavy atom. The second kappa shape index (κ2) is 6.14. The van der Waals surface area contributed by atoms with Crippen LogP contribution < -0.4 is 5.32 Å². The summed E-state index contributed by atoms with van der Waals surface area (Å²) in [6.45, 7) is 5.80. The zero-order valence-corrected chi connectivity index (χ0v) is 9.63. The maximum Gasteiger partial charge on any atom is 0.0766 e. The molecule has 1 rings (SSSR count). The van der Waals surface area contributed by atoms with Gasteiger partial charge >= 0.3 is 0 Å². The first-order valence-electron chi connectivity index (χ1n) is 4.86. The third-order valence-corrected chi connectivity index (χ3v) is 2.41. The van der Waals surface area contributed by atoms with Gasteiger partial charge < -0.3 is 5.32 Å². The molecular formula is C13H15NS. The highest BCUT2D eigenvalue weighted by Crippen LogP contribution is 2.21. The molecular weight excluding hydrogens is 202 g/mol. The summed E-state index contributed by atoms with van der Waals surface area (Å²) in [5, 5.41) is 3.15. The molecule has 0 heterocycles. The van der Waals surface area contributed by atoms with E-state index in [2.05, 4.69) is 24.0 Å². The highest BCUT2D eigenvalue weighted by atomic mass is 32.1. The molecule has 1 atom stereocenters. The molecule has 0 spiro atoms. The fraction of sp³-hybridized carbons (Fsp3) is 0.154. The fourth-order valence-corrected chi connectivity index (χ4v) is 1.64. The summed E-state index contributed by atoms with van der Waals surface area (Å²) in [6, 6.07) is 10.3. The zero-order valence-electron chi connectivity index (χ0n) is 8.81. The summed E-state index contributed by atoms with van der Waals surface area (Å²) < 4.78 is 0. The van der Waals surface area contributed by atoms with E-state index in [-0.39, 0.29) is 6.04 Å². The van der Waals surface area contributed by atoms with Crippen molar-refractivity contribution in [3.05, 3.63) is 60.2 Å². The second-order valence-electron chi connectivity index (χ2n) is 3.12. The van der Waals surface area contributed by atoms with E-state index in [4.69, 9.17) is 12.2 Å². The van der Waals surface area contributed by atoms with Crippen LogP contribution in [0.5, 0.6) is 0 Å². The van der Waals surface area contributed by atoms with Crippen molar-refractivity contribution in [2.45, 2.75) is 13.0 Å². The molecule has 0 aliphatic heterocycles. The van der Waals surface area contributed by atoms with Gasteiger partial charge in [0.1, 0.15) is 0 Å². The van der Waals surface area contributed by atoms with Crippen molar-refractivity contribution in [3.8, 4) is 0 Å². The fourth-order valence-electron chi connectivity index (χ4n) is 1.50. The first kappa shape index (κ1) is 11.7. The number of benzene rings is 1. The molecule has 0 fully saturated rings. The Morgan fingerprint density at radius 2 is 2.07 bits per heavy atom. The van der Waals surface area contributed by atoms with Gasteiger partial charge in [-0.25, -0.2) is 0 Å². The summed E-state index contributed by atoms with van der Waals surface area (Å²) in [5.74, 6) is 0. The Bertz CT molecular complexity index is 354. The molecule has 0 aromatic heterocycles. The van der Waals surface area contributed by atoms with Gasteiger partial charge in [0.15, 0.2) is 0 Å². The standard InChI is InChI=1S/C13H15NS/c1-3-11(4-2)13(14-10-15)12-8-6-5-7-9-12/h3-10,13H,1H2,2H3,(H,14,15)/b11-4+. The highest BCUT2D eigenvalue weighted by Gasteiger charge is 2.11. The SMILES string of the molecule is C=C/C(=C\C)C(NC=S)c1ccccc1. The first-order chi connectivity index (χ1) is 7.33. The van der Waals surface area contributed by atoms with Crippen molar-refractivity contribution in [2.24, 2.45) is 0 Å². The molecule has 1 N–H and O–H groups in total. The lowest BCUT2D eigenvalue weighted by Gasteiger charge is -2.18. The number of rotatable bonds is 5. The van der Waals surface area contributed by atoms with E-state index in [0.29, 0.717) is 0 Å². The minimum Gasteiger partial charge on any atom is -0.371 e. The topological polar surface area (TPSA) is 12.0 Å². The number of thiocarbonyl (C=S) groups is 1. The summed E-state index contributed by atoms with van der Waals surface area (Å²) in [5.41, 5.74) is 3.86. The van der Waals surface area contributed by atoms with Crippen LogP contribution in [0.4, 0.5) is 0 Å². The largest absolute Gasteiger partial charge is 0.371 e. The molecule has 0 radical (unpaired) electrons. The van der Waals surface area contributed by atoms with Gasteiger partial charge in [-0.1, -0.05) is 61.3 Å². The van der Waals surface area contributed by atoms with Crippen LogP contribution in [0, 0.1) is 0 Å². The Labute approximate surface area is 96.5 Å². The van der Waals surface area contributed by atoms with E-state index in [0.717, 1.165) is 5.57 Å². The molecule has 2 heteroatoms. The predicted molar refractivity (Wildman–Crippen MR) is 69.9 cm³/mol. The van der Waals surface area contributed by atoms with Crippen molar-refractivity contribution in [3.63, 3.8) is 0 Å². The van der Waals surface area contributed by atoms with E-state index >= 15 is 0 Å². The molecule has 78 valence electrons. The molecule has 15 heavy (non-hydrogen) atoms. The van der Waals surface area contributed by atoms with Crippen molar-refractivity contribution in [1.82, 2.24) is 5.32 Å². The Kier molecular flexibility index (Phi) is 4.78.